The molecule has 0 aromatic heterocycles. The average molecular weight is 345 g/mol. The number of hydrogen-bond acceptors (Lipinski definition) is 2. The van der Waals surface area contributed by atoms with Crippen LogP contribution < -0.4 is 0 Å². The molecular weight excluding hydrogens is 320 g/mol. The van der Waals surface area contributed by atoms with Gasteiger partial charge in [0.25, 0.3) is 0 Å². The molecule has 0 aliphatic heterocycles. The van der Waals surface area contributed by atoms with Crippen LogP contribution in [0, 0.1) is 12.3 Å². The quantitative estimate of drug-likeness (QED) is 0.608. The van der Waals surface area contributed by atoms with Gasteiger partial charge < -0.3 is 0 Å². The molecule has 2 heteroatoms. The molecule has 1 unspecified atom stereocenters. The standard InChI is InChI=1S/C24H25O2/c25-23-19-13-7-8-14-20(19)24(26)22-18(12-9-15-21(22)23)16-17-10-5-3-1-2-4-6-11-17/h7-10,12-15,17H,1-6,11,16H2. The highest BCUT2D eigenvalue weighted by molar-refractivity contribution is 6.28. The van der Waals surface area contributed by atoms with Gasteiger partial charge in [0.1, 0.15) is 0 Å². The third-order valence-corrected chi connectivity index (χ3v) is 5.80. The molecule has 2 aromatic rings. The fourth-order valence-electron chi connectivity index (χ4n) is 4.41. The smallest absolute Gasteiger partial charge is 0.194 e. The van der Waals surface area contributed by atoms with E-state index in [2.05, 4.69) is 6.42 Å². The van der Waals surface area contributed by atoms with Crippen molar-refractivity contribution in [1.82, 2.24) is 0 Å². The van der Waals surface area contributed by atoms with E-state index in [9.17, 15) is 9.59 Å². The Bertz CT molecular complexity index is 824. The van der Waals surface area contributed by atoms with Crippen LogP contribution in [0.4, 0.5) is 0 Å². The Kier molecular flexibility index (Phi) is 5.01. The van der Waals surface area contributed by atoms with Crippen LogP contribution in [0.2, 0.25) is 0 Å². The minimum absolute atomic E-state index is 0.00821. The highest BCUT2D eigenvalue weighted by Crippen LogP contribution is 2.32. The summed E-state index contributed by atoms with van der Waals surface area (Å²) in [5.74, 6) is 0.490. The monoisotopic (exact) mass is 345 g/mol. The fraction of sp³-hybridized carbons (Fsp3) is 0.375. The van der Waals surface area contributed by atoms with E-state index in [0.717, 1.165) is 18.4 Å². The van der Waals surface area contributed by atoms with Crippen LogP contribution in [0.5, 0.6) is 0 Å². The summed E-state index contributed by atoms with van der Waals surface area (Å²) in [5.41, 5.74) is 3.35. The predicted octanol–water partition coefficient (Wildman–Crippen LogP) is 5.57. The highest BCUT2D eigenvalue weighted by atomic mass is 16.1. The fourth-order valence-corrected chi connectivity index (χ4v) is 4.41. The van der Waals surface area contributed by atoms with Gasteiger partial charge in [-0.15, -0.1) is 0 Å². The molecule has 2 aliphatic carbocycles. The van der Waals surface area contributed by atoms with Crippen molar-refractivity contribution < 1.29 is 9.59 Å². The Balaban J connectivity index is 1.67. The van der Waals surface area contributed by atoms with E-state index in [0.29, 0.717) is 28.2 Å². The van der Waals surface area contributed by atoms with Crippen molar-refractivity contribution in [3.05, 3.63) is 76.7 Å². The summed E-state index contributed by atoms with van der Waals surface area (Å²) in [7, 11) is 0. The third-order valence-electron chi connectivity index (χ3n) is 5.80. The molecule has 1 atom stereocenters. The maximum Gasteiger partial charge on any atom is 0.194 e. The first-order chi connectivity index (χ1) is 12.8. The molecule has 2 aliphatic rings. The summed E-state index contributed by atoms with van der Waals surface area (Å²) in [6.07, 6.45) is 12.2. The molecule has 0 heterocycles. The first kappa shape index (κ1) is 17.2. The average Bonchev–Trinajstić information content (AvgIpc) is 2.80. The van der Waals surface area contributed by atoms with Crippen LogP contribution in [0.3, 0.4) is 0 Å². The lowest BCUT2D eigenvalue weighted by atomic mass is 9.79. The number of ketones is 2. The zero-order chi connectivity index (χ0) is 17.9. The van der Waals surface area contributed by atoms with Gasteiger partial charge in [-0.2, -0.15) is 0 Å². The molecule has 133 valence electrons. The molecular formula is C24H25O2. The number of hydrogen-bond donors (Lipinski definition) is 0. The summed E-state index contributed by atoms with van der Waals surface area (Å²) in [6, 6.07) is 13.0. The summed E-state index contributed by atoms with van der Waals surface area (Å²) in [6.45, 7) is 0. The molecule has 0 bridgehead atoms. The van der Waals surface area contributed by atoms with Gasteiger partial charge in [0.15, 0.2) is 11.6 Å². The molecule has 0 N–H and O–H groups in total. The molecule has 1 fully saturated rings. The van der Waals surface area contributed by atoms with Crippen LogP contribution in [0.25, 0.3) is 0 Å². The van der Waals surface area contributed by atoms with Crippen LogP contribution >= 0.6 is 0 Å². The van der Waals surface area contributed by atoms with Gasteiger partial charge >= 0.3 is 0 Å². The van der Waals surface area contributed by atoms with Gasteiger partial charge in [-0.1, -0.05) is 74.6 Å². The zero-order valence-corrected chi connectivity index (χ0v) is 15.2. The number of fused-ring (bicyclic) bond motifs is 2. The molecule has 0 spiro atoms. The Labute approximate surface area is 155 Å². The predicted molar refractivity (Wildman–Crippen MR) is 104 cm³/mol. The van der Waals surface area contributed by atoms with Crippen LogP contribution in [-0.4, -0.2) is 11.6 Å². The molecule has 0 amide bonds. The van der Waals surface area contributed by atoms with Gasteiger partial charge in [0.05, 0.1) is 0 Å². The second-order valence-corrected chi connectivity index (χ2v) is 7.59. The zero-order valence-electron chi connectivity index (χ0n) is 15.2. The summed E-state index contributed by atoms with van der Waals surface area (Å²) >= 11 is 0. The van der Waals surface area contributed by atoms with Crippen molar-refractivity contribution in [3.63, 3.8) is 0 Å². The van der Waals surface area contributed by atoms with Crippen molar-refractivity contribution in [3.8, 4) is 0 Å². The van der Waals surface area contributed by atoms with Crippen molar-refractivity contribution in [2.45, 2.75) is 51.4 Å². The van der Waals surface area contributed by atoms with E-state index >= 15 is 0 Å². The lowest BCUT2D eigenvalue weighted by Crippen LogP contribution is -2.23. The molecule has 0 saturated heterocycles. The lowest BCUT2D eigenvalue weighted by molar-refractivity contribution is 0.0978. The van der Waals surface area contributed by atoms with Gasteiger partial charge in [-0.25, -0.2) is 0 Å². The maximum atomic E-state index is 13.1. The van der Waals surface area contributed by atoms with Crippen molar-refractivity contribution >= 4 is 11.6 Å². The number of rotatable bonds is 2. The minimum atomic E-state index is -0.0181. The first-order valence-electron chi connectivity index (χ1n) is 9.89. The van der Waals surface area contributed by atoms with E-state index in [-0.39, 0.29) is 11.6 Å². The lowest BCUT2D eigenvalue weighted by Gasteiger charge is -2.22. The second-order valence-electron chi connectivity index (χ2n) is 7.59. The minimum Gasteiger partial charge on any atom is -0.289 e. The Morgan fingerprint density at radius 2 is 1.42 bits per heavy atom. The van der Waals surface area contributed by atoms with Crippen molar-refractivity contribution in [2.24, 2.45) is 5.92 Å². The largest absolute Gasteiger partial charge is 0.289 e. The highest BCUT2D eigenvalue weighted by Gasteiger charge is 2.31. The van der Waals surface area contributed by atoms with Gasteiger partial charge in [0.2, 0.25) is 0 Å². The van der Waals surface area contributed by atoms with Gasteiger partial charge in [0, 0.05) is 22.3 Å². The van der Waals surface area contributed by atoms with E-state index < -0.39 is 0 Å². The molecule has 2 aromatic carbocycles. The number of carbonyl (C=O) groups is 2. The van der Waals surface area contributed by atoms with E-state index in [4.69, 9.17) is 0 Å². The number of carbonyl (C=O) groups excluding carboxylic acids is 2. The SMILES string of the molecule is O=C1c2ccccc2C(=O)c2c(CC3[CH]CCCCCCC3)cccc21. The Hall–Kier alpha value is -2.22. The van der Waals surface area contributed by atoms with Crippen LogP contribution in [0.1, 0.15) is 82.4 Å². The molecule has 4 rings (SSSR count). The van der Waals surface area contributed by atoms with Crippen LogP contribution in [0.15, 0.2) is 42.5 Å². The maximum absolute atomic E-state index is 13.1. The summed E-state index contributed by atoms with van der Waals surface area (Å²) < 4.78 is 0. The van der Waals surface area contributed by atoms with Crippen molar-refractivity contribution in [2.75, 3.05) is 0 Å². The molecule has 2 nitrogen and oxygen atoms in total. The summed E-state index contributed by atoms with van der Waals surface area (Å²) in [4.78, 5) is 26.0. The molecule has 26 heavy (non-hydrogen) atoms. The van der Waals surface area contributed by atoms with Crippen molar-refractivity contribution in [1.29, 1.82) is 0 Å². The normalized spacial score (nSPS) is 18.5. The molecule has 1 radical (unpaired) electrons. The topological polar surface area (TPSA) is 34.1 Å². The third kappa shape index (κ3) is 3.25. The molecule has 1 saturated carbocycles. The van der Waals surface area contributed by atoms with Gasteiger partial charge in [-0.05, 0) is 37.2 Å². The first-order valence-corrected chi connectivity index (χ1v) is 9.89. The van der Waals surface area contributed by atoms with Crippen LogP contribution in [-0.2, 0) is 6.42 Å². The van der Waals surface area contributed by atoms with E-state index in [1.807, 2.05) is 30.3 Å². The number of benzene rings is 2. The second kappa shape index (κ2) is 7.57. The van der Waals surface area contributed by atoms with Gasteiger partial charge in [-0.3, -0.25) is 9.59 Å². The van der Waals surface area contributed by atoms with E-state index in [1.165, 1.54) is 38.5 Å². The Morgan fingerprint density at radius 1 is 0.731 bits per heavy atom. The Morgan fingerprint density at radius 3 is 2.27 bits per heavy atom. The summed E-state index contributed by atoms with van der Waals surface area (Å²) in [5, 5.41) is 0. The van der Waals surface area contributed by atoms with E-state index in [1.54, 1.807) is 12.1 Å².